The number of allylic oxidation sites excluding steroid dienone is 1. The molecule has 51 heavy (non-hydrogen) atoms. The van der Waals surface area contributed by atoms with E-state index in [4.69, 9.17) is 14.2 Å². The Morgan fingerprint density at radius 1 is 1.08 bits per heavy atom. The molecule has 2 saturated carbocycles. The summed E-state index contributed by atoms with van der Waals surface area (Å²) >= 11 is 0. The number of nitrogens with one attached hydrogen (secondary N) is 3. The van der Waals surface area contributed by atoms with E-state index in [9.17, 15) is 32.7 Å². The molecule has 4 amide bonds. The van der Waals surface area contributed by atoms with Gasteiger partial charge in [-0.2, -0.15) is 0 Å². The highest BCUT2D eigenvalue weighted by Gasteiger charge is 2.62. The van der Waals surface area contributed by atoms with Crippen LogP contribution in [0.2, 0.25) is 0 Å². The second kappa shape index (κ2) is 14.2. The van der Waals surface area contributed by atoms with Gasteiger partial charge in [0.05, 0.1) is 26.0 Å². The van der Waals surface area contributed by atoms with E-state index < -0.39 is 74.7 Å². The van der Waals surface area contributed by atoms with Gasteiger partial charge in [0.25, 0.3) is 5.91 Å². The number of carbonyl (C=O) groups is 4. The standard InChI is InChI=1S/C35H45N5O10S/c1-19-7-5-6-8-22-17-35(22,33(43)39-51(46,47)24-9-10-24)38-30(41)26-15-23(18-40(26)32(42)29(20(2)13-19)37-34(44)45)50-31-25-16-28(49-4)27(48-3)14-21(25)11-12-36-31/h6,8,11-12,14,16,19-20,22-24,26,29,37H,5,7,9-10,13,15,17-18H2,1-4H3,(H,38,41)(H,39,43)(H,44,45)/t19-,20+,22+,23+,26-,29-,35+/m0/s1. The summed E-state index contributed by atoms with van der Waals surface area (Å²) in [6.07, 6.45) is 6.20. The lowest BCUT2D eigenvalue weighted by Crippen LogP contribution is -2.59. The summed E-state index contributed by atoms with van der Waals surface area (Å²) in [6, 6.07) is 2.93. The highest BCUT2D eigenvalue weighted by molar-refractivity contribution is 7.91. The van der Waals surface area contributed by atoms with Gasteiger partial charge in [-0.25, -0.2) is 18.2 Å². The van der Waals surface area contributed by atoms with E-state index in [1.807, 2.05) is 19.1 Å². The summed E-state index contributed by atoms with van der Waals surface area (Å²) in [5.74, 6) is -1.66. The van der Waals surface area contributed by atoms with Gasteiger partial charge < -0.3 is 34.9 Å². The Labute approximate surface area is 296 Å². The van der Waals surface area contributed by atoms with E-state index in [1.165, 1.54) is 19.1 Å². The lowest BCUT2D eigenvalue weighted by atomic mass is 9.88. The fourth-order valence-electron chi connectivity index (χ4n) is 7.36. The molecule has 0 bridgehead atoms. The number of pyridine rings is 1. The molecule has 4 aliphatic rings. The van der Waals surface area contributed by atoms with E-state index in [2.05, 4.69) is 20.3 Å². The predicted molar refractivity (Wildman–Crippen MR) is 185 cm³/mol. The molecule has 0 radical (unpaired) electrons. The third-order valence-corrected chi connectivity index (χ3v) is 12.2. The van der Waals surface area contributed by atoms with Crippen LogP contribution in [-0.2, 0) is 24.4 Å². The molecule has 0 unspecified atom stereocenters. The lowest BCUT2D eigenvalue weighted by Gasteiger charge is -2.32. The maximum atomic E-state index is 14.3. The fraction of sp³-hybridized carbons (Fsp3) is 0.571. The zero-order valence-electron chi connectivity index (χ0n) is 29.1. The molecule has 3 fully saturated rings. The van der Waals surface area contributed by atoms with Crippen molar-refractivity contribution < 1.29 is 46.9 Å². The molecule has 2 aromatic rings. The summed E-state index contributed by atoms with van der Waals surface area (Å²) in [5, 5.41) is 15.7. The summed E-state index contributed by atoms with van der Waals surface area (Å²) in [6.45, 7) is 3.75. The number of benzene rings is 1. The van der Waals surface area contributed by atoms with Gasteiger partial charge in [0.15, 0.2) is 11.5 Å². The van der Waals surface area contributed by atoms with Gasteiger partial charge in [0.1, 0.15) is 23.7 Å². The highest BCUT2D eigenvalue weighted by atomic mass is 32.2. The van der Waals surface area contributed by atoms with Gasteiger partial charge in [-0.3, -0.25) is 19.1 Å². The first-order chi connectivity index (χ1) is 24.3. The van der Waals surface area contributed by atoms with Crippen molar-refractivity contribution in [3.63, 3.8) is 0 Å². The van der Waals surface area contributed by atoms with E-state index in [0.717, 1.165) is 11.8 Å². The van der Waals surface area contributed by atoms with E-state index in [-0.39, 0.29) is 31.2 Å². The third-order valence-electron chi connectivity index (χ3n) is 10.4. The maximum absolute atomic E-state index is 14.3. The van der Waals surface area contributed by atoms with Crippen LogP contribution in [-0.4, -0.2) is 97.0 Å². The molecule has 3 heterocycles. The maximum Gasteiger partial charge on any atom is 0.405 e. The zero-order valence-corrected chi connectivity index (χ0v) is 29.9. The first-order valence-corrected chi connectivity index (χ1v) is 18.8. The Morgan fingerprint density at radius 3 is 2.49 bits per heavy atom. The topological polar surface area (TPSA) is 203 Å². The van der Waals surface area contributed by atoms with Crippen LogP contribution in [0.25, 0.3) is 10.8 Å². The molecule has 2 aliphatic carbocycles. The van der Waals surface area contributed by atoms with Crippen LogP contribution in [0.3, 0.4) is 0 Å². The first-order valence-electron chi connectivity index (χ1n) is 17.3. The van der Waals surface area contributed by atoms with Crippen molar-refractivity contribution in [2.75, 3.05) is 20.8 Å². The van der Waals surface area contributed by atoms with E-state index in [1.54, 1.807) is 31.3 Å². The van der Waals surface area contributed by atoms with Gasteiger partial charge in [-0.1, -0.05) is 26.0 Å². The van der Waals surface area contributed by atoms with Crippen molar-refractivity contribution in [2.24, 2.45) is 17.8 Å². The number of rotatable bonds is 8. The second-order valence-corrected chi connectivity index (χ2v) is 16.2. The average molecular weight is 728 g/mol. The largest absolute Gasteiger partial charge is 0.493 e. The minimum absolute atomic E-state index is 0.00785. The number of methoxy groups -OCH3 is 2. The number of sulfonamides is 1. The van der Waals surface area contributed by atoms with Crippen LogP contribution in [0.1, 0.15) is 58.8 Å². The minimum atomic E-state index is -3.91. The van der Waals surface area contributed by atoms with Crippen molar-refractivity contribution in [1.82, 2.24) is 25.2 Å². The molecule has 16 heteroatoms. The molecule has 1 saturated heterocycles. The summed E-state index contributed by atoms with van der Waals surface area (Å²) in [7, 11) is -0.877. The molecule has 1 aromatic carbocycles. The molecule has 276 valence electrons. The van der Waals surface area contributed by atoms with Gasteiger partial charge in [-0.05, 0) is 73.9 Å². The number of carboxylic acid groups (broad SMARTS) is 1. The number of carbonyl (C=O) groups excluding carboxylic acids is 3. The minimum Gasteiger partial charge on any atom is -0.493 e. The second-order valence-electron chi connectivity index (χ2n) is 14.2. The summed E-state index contributed by atoms with van der Waals surface area (Å²) in [4.78, 5) is 60.0. The normalized spacial score (nSPS) is 29.8. The zero-order chi connectivity index (χ0) is 36.7. The Balaban J connectivity index is 1.34. The Kier molecular flexibility index (Phi) is 10.1. The monoisotopic (exact) mass is 727 g/mol. The number of ether oxygens (including phenoxy) is 3. The van der Waals surface area contributed by atoms with Crippen molar-refractivity contribution in [3.8, 4) is 17.4 Å². The van der Waals surface area contributed by atoms with Gasteiger partial charge >= 0.3 is 6.09 Å². The Hall–Kier alpha value is -4.60. The molecule has 1 aromatic heterocycles. The number of aromatic nitrogens is 1. The molecule has 6 rings (SSSR count). The van der Waals surface area contributed by atoms with Gasteiger partial charge in [-0.15, -0.1) is 0 Å². The van der Waals surface area contributed by atoms with Crippen LogP contribution >= 0.6 is 0 Å². The van der Waals surface area contributed by atoms with Crippen molar-refractivity contribution >= 4 is 44.6 Å². The number of amides is 4. The van der Waals surface area contributed by atoms with E-state index in [0.29, 0.717) is 42.6 Å². The molecule has 0 spiro atoms. The Morgan fingerprint density at radius 2 is 1.80 bits per heavy atom. The number of nitrogens with zero attached hydrogens (tertiary/aromatic N) is 2. The molecular formula is C35H45N5O10S. The predicted octanol–water partition coefficient (Wildman–Crippen LogP) is 2.73. The molecule has 4 N–H and O–H groups in total. The van der Waals surface area contributed by atoms with Gasteiger partial charge in [0.2, 0.25) is 27.7 Å². The lowest BCUT2D eigenvalue weighted by molar-refractivity contribution is -0.142. The van der Waals surface area contributed by atoms with E-state index >= 15 is 0 Å². The molecular weight excluding hydrogens is 682 g/mol. The van der Waals surface area contributed by atoms with Crippen molar-refractivity contribution in [2.45, 2.75) is 87.8 Å². The number of fused-ring (bicyclic) bond motifs is 3. The van der Waals surface area contributed by atoms with Crippen LogP contribution in [0.4, 0.5) is 4.79 Å². The highest BCUT2D eigenvalue weighted by Crippen LogP contribution is 2.46. The third kappa shape index (κ3) is 7.55. The molecule has 7 atom stereocenters. The van der Waals surface area contributed by atoms with Crippen molar-refractivity contribution in [1.29, 1.82) is 0 Å². The Bertz CT molecular complexity index is 1850. The fourth-order valence-corrected chi connectivity index (χ4v) is 8.72. The van der Waals surface area contributed by atoms with Crippen LogP contribution in [0, 0.1) is 17.8 Å². The summed E-state index contributed by atoms with van der Waals surface area (Å²) in [5.41, 5.74) is -1.53. The van der Waals surface area contributed by atoms with Gasteiger partial charge in [0, 0.05) is 23.9 Å². The average Bonchev–Trinajstić information content (AvgIpc) is 4.01. The smallest absolute Gasteiger partial charge is 0.405 e. The quantitative estimate of drug-likeness (QED) is 0.291. The molecule has 15 nitrogen and oxygen atoms in total. The summed E-state index contributed by atoms with van der Waals surface area (Å²) < 4.78 is 45.1. The number of hydrogen-bond donors (Lipinski definition) is 4. The SMILES string of the molecule is COc1cc2ccnc(O[C@@H]3C[C@H]4C(=O)N[C@]5(C(=O)NS(=O)(=O)C6CC6)C[C@H]5C=CCC[C@H](C)C[C@@H](C)[C@H](NC(=O)O)C(=O)N4C3)c2cc1OC. The number of hydrogen-bond acceptors (Lipinski definition) is 10. The van der Waals surface area contributed by atoms with Crippen molar-refractivity contribution in [3.05, 3.63) is 36.5 Å². The van der Waals surface area contributed by atoms with Crippen LogP contribution < -0.4 is 29.6 Å². The van der Waals surface area contributed by atoms with Crippen LogP contribution in [0.5, 0.6) is 17.4 Å². The first kappa shape index (κ1) is 36.2. The molecule has 2 aliphatic heterocycles. The van der Waals surface area contributed by atoms with Crippen LogP contribution in [0.15, 0.2) is 36.5 Å².